The number of hydrogen-bond acceptors (Lipinski definition) is 0. The van der Waals surface area contributed by atoms with Crippen LogP contribution >= 0.6 is 0 Å². The quantitative estimate of drug-likeness (QED) is 0.204. The Bertz CT molecular complexity index is 72.2. The molecule has 0 rings (SSSR count). The van der Waals surface area contributed by atoms with E-state index in [1.54, 1.807) is 0 Å². The van der Waals surface area contributed by atoms with Crippen LogP contribution in [0, 0.1) is 0 Å². The van der Waals surface area contributed by atoms with Crippen LogP contribution in [0.1, 0.15) is 0 Å². The molecule has 0 saturated heterocycles. The molecule has 0 aromatic rings. The van der Waals surface area contributed by atoms with Gasteiger partial charge in [0.25, 0.3) is 0 Å². The van der Waals surface area contributed by atoms with Crippen molar-refractivity contribution in [2.75, 3.05) is 0 Å². The summed E-state index contributed by atoms with van der Waals surface area (Å²) >= 11 is 0. The standard InChI is InChI=1S/80O.20Ti/q80*-2;20*+4. The molecule has 0 aromatic carbocycles. The molecule has 0 aliphatic carbocycles. The van der Waals surface area contributed by atoms with Crippen molar-refractivity contribution in [3.63, 3.8) is 0 Å². The van der Waals surface area contributed by atoms with Gasteiger partial charge >= 0.3 is 434 Å². The molecule has 0 N–H and O–H groups in total. The Balaban J connectivity index is 0. The summed E-state index contributed by atoms with van der Waals surface area (Å²) in [5, 5.41) is 0. The average molecular weight is 2240 g/mol. The van der Waals surface area contributed by atoms with Crippen molar-refractivity contribution < 1.29 is 872 Å². The maximum atomic E-state index is 0. The molecule has 100 heavy (non-hydrogen) atoms. The Morgan fingerprint density at radius 1 is 0.0200 bits per heavy atom. The van der Waals surface area contributed by atoms with Crippen molar-refractivity contribution in [2.45, 2.75) is 0 Å². The van der Waals surface area contributed by atoms with Gasteiger partial charge in [-0.25, -0.2) is 0 Å². The molecule has 0 aliphatic heterocycles. The molecule has 0 spiro atoms. The molecule has 0 radical (unpaired) electrons. The van der Waals surface area contributed by atoms with Gasteiger partial charge in [-0.05, 0) is 0 Å². The van der Waals surface area contributed by atoms with E-state index in [0.717, 1.165) is 0 Å². The first-order valence-electron chi connectivity index (χ1n) is 0. The van der Waals surface area contributed by atoms with Crippen molar-refractivity contribution >= 4 is 0 Å². The first-order chi connectivity index (χ1) is 0. The normalized spacial score (nSPS) is 0. The van der Waals surface area contributed by atoms with Gasteiger partial charge in [0, 0.05) is 0 Å². The third-order valence-electron chi connectivity index (χ3n) is 0. The molecule has 0 aromatic heterocycles. The number of hydrogen-bond donors (Lipinski definition) is 0. The van der Waals surface area contributed by atoms with E-state index in [0.29, 0.717) is 0 Å². The van der Waals surface area contributed by atoms with Crippen LogP contribution in [0.25, 0.3) is 0 Å². The van der Waals surface area contributed by atoms with Crippen LogP contribution in [0.4, 0.5) is 0 Å². The Hall–Kier alpha value is 11.1. The van der Waals surface area contributed by atoms with Gasteiger partial charge in [-0.2, -0.15) is 0 Å². The third kappa shape index (κ3) is 10400. The maximum absolute atomic E-state index is 0. The second kappa shape index (κ2) is 10700. The van der Waals surface area contributed by atoms with Crippen molar-refractivity contribution in [2.24, 2.45) is 0 Å². The molecular formula is O80Ti20-80. The summed E-state index contributed by atoms with van der Waals surface area (Å²) in [6, 6.07) is 0. The van der Waals surface area contributed by atoms with Gasteiger partial charge < -0.3 is 438 Å². The monoisotopic (exact) mass is 2240 g/mol. The van der Waals surface area contributed by atoms with E-state index < -0.39 is 0 Å². The molecular weight excluding hydrogens is 2240 g/mol. The minimum Gasteiger partial charge on any atom is -2.00 e. The summed E-state index contributed by atoms with van der Waals surface area (Å²) in [5.74, 6) is 0. The van der Waals surface area contributed by atoms with Gasteiger partial charge in [-0.1, -0.05) is 0 Å². The van der Waals surface area contributed by atoms with E-state index in [1.807, 2.05) is 0 Å². The van der Waals surface area contributed by atoms with Crippen LogP contribution < -0.4 is 0 Å². The van der Waals surface area contributed by atoms with E-state index in [-0.39, 0.29) is 872 Å². The van der Waals surface area contributed by atoms with E-state index >= 15 is 0 Å². The molecule has 0 atom stereocenters. The van der Waals surface area contributed by atoms with Crippen LogP contribution in [0.3, 0.4) is 0 Å². The van der Waals surface area contributed by atoms with Crippen molar-refractivity contribution in [3.05, 3.63) is 0 Å². The Labute approximate surface area is 860 Å². The van der Waals surface area contributed by atoms with Crippen molar-refractivity contribution in [1.29, 1.82) is 0 Å². The van der Waals surface area contributed by atoms with Crippen LogP contribution in [-0.4, -0.2) is 0 Å². The minimum absolute atomic E-state index is 0. The van der Waals surface area contributed by atoms with Crippen LogP contribution in [-0.2, 0) is 872 Å². The fourth-order valence-corrected chi connectivity index (χ4v) is 0. The molecule has 0 saturated carbocycles. The smallest absolute Gasteiger partial charge is 2.00 e. The SMILES string of the molecule is [O-2].[O-2].[O-2].[O-2].[O-2].[O-2].[O-2].[O-2].[O-2].[O-2].[O-2].[O-2].[O-2].[O-2].[O-2].[O-2].[O-2].[O-2].[O-2].[O-2].[O-2].[O-2].[O-2].[O-2].[O-2].[O-2].[O-2].[O-2].[O-2].[O-2].[O-2].[O-2].[O-2].[O-2].[O-2].[O-2].[O-2].[O-2].[O-2].[O-2].[O-2].[O-2].[O-2].[O-2].[O-2].[O-2].[O-2].[O-2].[O-2].[O-2].[O-2].[O-2].[O-2].[O-2].[O-2].[O-2].[O-2].[O-2].[O-2].[O-2].[O-2].[O-2].[O-2].[O-2].[O-2].[O-2].[O-2].[O-2].[O-2].[O-2].[O-2].[O-2].[O-2].[O-2].[O-2].[O-2].[O-2].[O-2].[O-2].[O-2].[Ti+4].[Ti+4].[Ti+4].[Ti+4].[Ti+4].[Ti+4].[Ti+4].[Ti+4].[Ti+4].[Ti+4].[Ti+4].[Ti+4].[Ti+4].[Ti+4].[Ti+4].[Ti+4].[Ti+4].[Ti+4].[Ti+4].[Ti+4]. The van der Waals surface area contributed by atoms with Crippen molar-refractivity contribution in [1.82, 2.24) is 0 Å². The zero-order valence-corrected chi connectivity index (χ0v) is 73.9. The average Bonchev–Trinajstić information content (AvgIpc) is 0. The summed E-state index contributed by atoms with van der Waals surface area (Å²) in [4.78, 5) is 0. The minimum atomic E-state index is 0. The topological polar surface area (TPSA) is 2280 Å². The molecule has 0 aliphatic rings. The van der Waals surface area contributed by atoms with Gasteiger partial charge in [-0.15, -0.1) is 0 Å². The fraction of sp³-hybridized carbons (Fsp3) is 0. The van der Waals surface area contributed by atoms with Crippen LogP contribution in [0.2, 0.25) is 0 Å². The maximum Gasteiger partial charge on any atom is 4.00 e. The summed E-state index contributed by atoms with van der Waals surface area (Å²) in [7, 11) is 0. The first-order valence-corrected chi connectivity index (χ1v) is 0. The first kappa shape index (κ1) is 11000. The van der Waals surface area contributed by atoms with Gasteiger partial charge in [0.1, 0.15) is 0 Å². The molecule has 100 heteroatoms. The number of rotatable bonds is 0. The zero-order valence-electron chi connectivity index (χ0n) is 42.7. The molecule has 0 amide bonds. The molecule has 0 fully saturated rings. The largest absolute Gasteiger partial charge is 4.00 e. The second-order valence-corrected chi connectivity index (χ2v) is 0. The van der Waals surface area contributed by atoms with Crippen molar-refractivity contribution in [3.8, 4) is 0 Å². The van der Waals surface area contributed by atoms with Gasteiger partial charge in [0.15, 0.2) is 0 Å². The van der Waals surface area contributed by atoms with E-state index in [2.05, 4.69) is 0 Å². The Morgan fingerprint density at radius 3 is 0.0200 bits per heavy atom. The summed E-state index contributed by atoms with van der Waals surface area (Å²) in [6.45, 7) is 0. The predicted molar refractivity (Wildman–Crippen MR) is 54.9 cm³/mol. The predicted octanol–water partition coefficient (Wildman–Crippen LogP) is -9.55. The molecule has 0 heterocycles. The molecule has 0 bridgehead atoms. The van der Waals surface area contributed by atoms with E-state index in [4.69, 9.17) is 0 Å². The van der Waals surface area contributed by atoms with Crippen LogP contribution in [0.15, 0.2) is 0 Å². The molecule has 640 valence electrons. The van der Waals surface area contributed by atoms with E-state index in [9.17, 15) is 0 Å². The molecule has 0 unspecified atom stereocenters. The van der Waals surface area contributed by atoms with Gasteiger partial charge in [-0.3, -0.25) is 0 Å². The summed E-state index contributed by atoms with van der Waals surface area (Å²) < 4.78 is 0. The zero-order chi connectivity index (χ0) is 0. The Morgan fingerprint density at radius 2 is 0.0200 bits per heavy atom. The summed E-state index contributed by atoms with van der Waals surface area (Å²) in [6.07, 6.45) is 0. The Kier molecular flexibility index (Phi) is 1170000. The summed E-state index contributed by atoms with van der Waals surface area (Å²) in [5.41, 5.74) is 0. The fourth-order valence-electron chi connectivity index (χ4n) is 0. The molecule has 80 nitrogen and oxygen atoms in total. The second-order valence-electron chi connectivity index (χ2n) is 0. The van der Waals surface area contributed by atoms with Gasteiger partial charge in [0.05, 0.1) is 0 Å². The van der Waals surface area contributed by atoms with Crippen LogP contribution in [0.5, 0.6) is 0 Å². The van der Waals surface area contributed by atoms with E-state index in [1.165, 1.54) is 0 Å². The third-order valence-corrected chi connectivity index (χ3v) is 0. The van der Waals surface area contributed by atoms with Gasteiger partial charge in [0.2, 0.25) is 0 Å².